The molecule has 0 aliphatic rings. The topological polar surface area (TPSA) is 56.1 Å². The van der Waals surface area contributed by atoms with E-state index in [1.54, 1.807) is 0 Å². The van der Waals surface area contributed by atoms with Crippen LogP contribution in [0.4, 0.5) is 0 Å². The third kappa shape index (κ3) is 4.98. The van der Waals surface area contributed by atoms with E-state index in [-0.39, 0.29) is 12.5 Å². The zero-order valence-corrected chi connectivity index (χ0v) is 16.9. The van der Waals surface area contributed by atoms with Crippen molar-refractivity contribution in [2.45, 2.75) is 39.2 Å². The van der Waals surface area contributed by atoms with Crippen molar-refractivity contribution in [1.29, 1.82) is 0 Å². The van der Waals surface area contributed by atoms with Crippen LogP contribution in [0.1, 0.15) is 43.1 Å². The molecule has 0 saturated carbocycles. The number of methoxy groups -OCH3 is 1. The summed E-state index contributed by atoms with van der Waals surface area (Å²) in [5.41, 5.74) is 4.78. The van der Waals surface area contributed by atoms with Gasteiger partial charge in [-0.1, -0.05) is 50.2 Å². The molecule has 0 aliphatic heterocycles. The molecule has 1 aromatic heterocycles. The van der Waals surface area contributed by atoms with Crippen LogP contribution in [0.5, 0.6) is 0 Å². The Hall–Kier alpha value is -2.66. The van der Waals surface area contributed by atoms with Crippen LogP contribution in [0.15, 0.2) is 48.5 Å². The monoisotopic (exact) mass is 379 g/mol. The molecule has 0 spiro atoms. The van der Waals surface area contributed by atoms with Crippen molar-refractivity contribution in [3.63, 3.8) is 0 Å². The summed E-state index contributed by atoms with van der Waals surface area (Å²) in [6.07, 6.45) is 1.65. The van der Waals surface area contributed by atoms with Gasteiger partial charge in [0.15, 0.2) is 0 Å². The minimum atomic E-state index is -0.0822. The Morgan fingerprint density at radius 3 is 2.61 bits per heavy atom. The number of hydrogen-bond donors (Lipinski definition) is 1. The standard InChI is InChI=1S/C23H29N3O2/c1-17(2)19-12-10-18(11-13-19)15-26-21-8-5-4-7-20(21)25-22(26)9-6-14-24-23(27)16-28-3/h4-5,7-8,10-13,17H,6,9,14-16H2,1-3H3,(H,24,27). The number of nitrogens with zero attached hydrogens (tertiary/aromatic N) is 2. The first-order valence-electron chi connectivity index (χ1n) is 9.87. The SMILES string of the molecule is COCC(=O)NCCCc1nc2ccccc2n1Cc1ccc(C(C)C)cc1. The van der Waals surface area contributed by atoms with E-state index in [4.69, 9.17) is 9.72 Å². The predicted molar refractivity (Wildman–Crippen MR) is 113 cm³/mol. The Balaban J connectivity index is 1.74. The normalized spacial score (nSPS) is 11.3. The molecular formula is C23H29N3O2. The second kappa shape index (κ2) is 9.51. The molecule has 0 aliphatic carbocycles. The Morgan fingerprint density at radius 1 is 1.14 bits per heavy atom. The van der Waals surface area contributed by atoms with Gasteiger partial charge in [-0.3, -0.25) is 4.79 Å². The van der Waals surface area contributed by atoms with Crippen molar-refractivity contribution in [3.8, 4) is 0 Å². The number of aryl methyl sites for hydroxylation is 1. The molecule has 3 aromatic rings. The first-order valence-corrected chi connectivity index (χ1v) is 9.87. The number of benzene rings is 2. The zero-order chi connectivity index (χ0) is 19.9. The summed E-state index contributed by atoms with van der Waals surface area (Å²) in [5.74, 6) is 1.50. The molecule has 1 heterocycles. The lowest BCUT2D eigenvalue weighted by atomic mass is 10.0. The van der Waals surface area contributed by atoms with Crippen LogP contribution in [-0.2, 0) is 22.5 Å². The maximum Gasteiger partial charge on any atom is 0.245 e. The van der Waals surface area contributed by atoms with Crippen LogP contribution < -0.4 is 5.32 Å². The summed E-state index contributed by atoms with van der Waals surface area (Å²) in [7, 11) is 1.52. The first kappa shape index (κ1) is 20.1. The summed E-state index contributed by atoms with van der Waals surface area (Å²) >= 11 is 0. The zero-order valence-electron chi connectivity index (χ0n) is 16.9. The van der Waals surface area contributed by atoms with Gasteiger partial charge in [-0.15, -0.1) is 0 Å². The van der Waals surface area contributed by atoms with Gasteiger partial charge in [0.05, 0.1) is 11.0 Å². The van der Waals surface area contributed by atoms with Gasteiger partial charge in [0.2, 0.25) is 5.91 Å². The van der Waals surface area contributed by atoms with Crippen LogP contribution in [0.2, 0.25) is 0 Å². The molecule has 28 heavy (non-hydrogen) atoms. The summed E-state index contributed by atoms with van der Waals surface area (Å²) in [4.78, 5) is 16.4. The smallest absolute Gasteiger partial charge is 0.245 e. The van der Waals surface area contributed by atoms with Crippen LogP contribution in [0.3, 0.4) is 0 Å². The Kier molecular flexibility index (Phi) is 6.82. The molecular weight excluding hydrogens is 350 g/mol. The third-order valence-corrected chi connectivity index (χ3v) is 4.90. The number of rotatable bonds is 9. The summed E-state index contributed by atoms with van der Waals surface area (Å²) in [5, 5.41) is 2.87. The number of amides is 1. The third-order valence-electron chi connectivity index (χ3n) is 4.90. The number of nitrogens with one attached hydrogen (secondary N) is 1. The summed E-state index contributed by atoms with van der Waals surface area (Å²) in [6.45, 7) is 5.94. The Labute approximate surface area is 166 Å². The van der Waals surface area contributed by atoms with Gasteiger partial charge in [0.1, 0.15) is 12.4 Å². The minimum absolute atomic E-state index is 0.0822. The second-order valence-corrected chi connectivity index (χ2v) is 7.39. The molecule has 2 aromatic carbocycles. The number of imidazole rings is 1. The number of carbonyl (C=O) groups is 1. The Bertz CT molecular complexity index is 913. The van der Waals surface area contributed by atoms with Crippen LogP contribution in [-0.4, -0.2) is 35.7 Å². The number of aromatic nitrogens is 2. The fourth-order valence-corrected chi connectivity index (χ4v) is 3.34. The summed E-state index contributed by atoms with van der Waals surface area (Å²) < 4.78 is 7.13. The van der Waals surface area contributed by atoms with E-state index < -0.39 is 0 Å². The van der Waals surface area contributed by atoms with E-state index in [2.05, 4.69) is 66.2 Å². The minimum Gasteiger partial charge on any atom is -0.375 e. The molecule has 3 rings (SSSR count). The van der Waals surface area contributed by atoms with Gasteiger partial charge in [-0.25, -0.2) is 4.98 Å². The van der Waals surface area contributed by atoms with Crippen molar-refractivity contribution in [3.05, 3.63) is 65.5 Å². The van der Waals surface area contributed by atoms with Crippen molar-refractivity contribution in [2.75, 3.05) is 20.3 Å². The van der Waals surface area contributed by atoms with Crippen LogP contribution in [0, 0.1) is 0 Å². The number of para-hydroxylation sites is 2. The highest BCUT2D eigenvalue weighted by Crippen LogP contribution is 2.20. The lowest BCUT2D eigenvalue weighted by molar-refractivity contribution is -0.124. The van der Waals surface area contributed by atoms with Gasteiger partial charge < -0.3 is 14.6 Å². The molecule has 1 N–H and O–H groups in total. The van der Waals surface area contributed by atoms with Crippen molar-refractivity contribution in [1.82, 2.24) is 14.9 Å². The Morgan fingerprint density at radius 2 is 1.89 bits per heavy atom. The first-order chi connectivity index (χ1) is 13.6. The van der Waals surface area contributed by atoms with Gasteiger partial charge in [0, 0.05) is 26.6 Å². The molecule has 0 saturated heterocycles. The molecule has 5 nitrogen and oxygen atoms in total. The highest BCUT2D eigenvalue weighted by atomic mass is 16.5. The van der Waals surface area contributed by atoms with Gasteiger partial charge in [0.25, 0.3) is 0 Å². The van der Waals surface area contributed by atoms with E-state index in [1.807, 2.05) is 6.07 Å². The molecule has 0 fully saturated rings. The maximum atomic E-state index is 11.5. The molecule has 5 heteroatoms. The molecule has 1 amide bonds. The average Bonchev–Trinajstić information content (AvgIpc) is 3.03. The molecule has 0 bridgehead atoms. The second-order valence-electron chi connectivity index (χ2n) is 7.39. The maximum absolute atomic E-state index is 11.5. The summed E-state index contributed by atoms with van der Waals surface area (Å²) in [6, 6.07) is 17.1. The molecule has 0 atom stereocenters. The quantitative estimate of drug-likeness (QED) is 0.574. The van der Waals surface area contributed by atoms with Crippen LogP contribution in [0.25, 0.3) is 11.0 Å². The van der Waals surface area contributed by atoms with E-state index >= 15 is 0 Å². The van der Waals surface area contributed by atoms with Crippen LogP contribution >= 0.6 is 0 Å². The molecule has 148 valence electrons. The van der Waals surface area contributed by atoms with E-state index in [9.17, 15) is 4.79 Å². The lowest BCUT2D eigenvalue weighted by Crippen LogP contribution is -2.28. The number of carbonyl (C=O) groups excluding carboxylic acids is 1. The lowest BCUT2D eigenvalue weighted by Gasteiger charge is -2.11. The highest BCUT2D eigenvalue weighted by molar-refractivity contribution is 5.77. The van der Waals surface area contributed by atoms with E-state index in [0.717, 1.165) is 36.2 Å². The number of ether oxygens (including phenoxy) is 1. The largest absolute Gasteiger partial charge is 0.375 e. The van der Waals surface area contributed by atoms with E-state index in [0.29, 0.717) is 12.5 Å². The average molecular weight is 380 g/mol. The van der Waals surface area contributed by atoms with Gasteiger partial charge >= 0.3 is 0 Å². The fourth-order valence-electron chi connectivity index (χ4n) is 3.34. The fraction of sp³-hybridized carbons (Fsp3) is 0.391. The highest BCUT2D eigenvalue weighted by Gasteiger charge is 2.11. The van der Waals surface area contributed by atoms with Crippen molar-refractivity contribution in [2.24, 2.45) is 0 Å². The van der Waals surface area contributed by atoms with Gasteiger partial charge in [-0.05, 0) is 35.6 Å². The predicted octanol–water partition coefficient (Wildman–Crippen LogP) is 3.90. The van der Waals surface area contributed by atoms with Gasteiger partial charge in [-0.2, -0.15) is 0 Å². The molecule has 0 unspecified atom stereocenters. The van der Waals surface area contributed by atoms with E-state index in [1.165, 1.54) is 18.2 Å². The van der Waals surface area contributed by atoms with Crippen molar-refractivity contribution < 1.29 is 9.53 Å². The number of fused-ring (bicyclic) bond motifs is 1. The molecule has 0 radical (unpaired) electrons. The van der Waals surface area contributed by atoms with Crippen molar-refractivity contribution >= 4 is 16.9 Å². The number of hydrogen-bond acceptors (Lipinski definition) is 3.